The molecule has 6 heteroatoms. The van der Waals surface area contributed by atoms with Crippen LogP contribution in [0.3, 0.4) is 0 Å². The second-order valence-corrected chi connectivity index (χ2v) is 8.37. The Labute approximate surface area is 172 Å². The topological polar surface area (TPSA) is 55.4 Å². The summed E-state index contributed by atoms with van der Waals surface area (Å²) in [6.07, 6.45) is 2.03. The van der Waals surface area contributed by atoms with Crippen molar-refractivity contribution in [3.63, 3.8) is 0 Å². The Balaban J connectivity index is 1.45. The van der Waals surface area contributed by atoms with Crippen LogP contribution in [0.25, 0.3) is 10.1 Å². The van der Waals surface area contributed by atoms with Crippen LogP contribution in [0, 0.1) is 0 Å². The molecule has 1 N–H and O–H groups in total. The minimum atomic E-state index is -0.900. The Bertz CT molecular complexity index is 1050. The normalized spacial score (nSPS) is 17.0. The number of fused-ring (bicyclic) bond motifs is 2. The second kappa shape index (κ2) is 7.94. The molecular weight excluding hydrogens is 394 g/mol. The Kier molecular flexibility index (Phi) is 5.38. The van der Waals surface area contributed by atoms with E-state index in [2.05, 4.69) is 11.4 Å². The molecule has 0 fully saturated rings. The first-order chi connectivity index (χ1) is 13.5. The van der Waals surface area contributed by atoms with Crippen molar-refractivity contribution in [3.05, 3.63) is 69.6 Å². The lowest BCUT2D eigenvalue weighted by Crippen LogP contribution is -2.39. The highest BCUT2D eigenvalue weighted by Gasteiger charge is 2.27. The van der Waals surface area contributed by atoms with Crippen molar-refractivity contribution in [1.29, 1.82) is 0 Å². The van der Waals surface area contributed by atoms with Gasteiger partial charge in [0.25, 0.3) is 5.91 Å². The summed E-state index contributed by atoms with van der Waals surface area (Å²) in [5, 5.41) is 4.22. The molecule has 2 atom stereocenters. The molecule has 144 valence electrons. The summed E-state index contributed by atoms with van der Waals surface area (Å²) in [5.74, 6) is -0.870. The van der Waals surface area contributed by atoms with Gasteiger partial charge in [-0.2, -0.15) is 0 Å². The van der Waals surface area contributed by atoms with Crippen molar-refractivity contribution >= 4 is 44.9 Å². The Hall–Kier alpha value is -2.37. The second-order valence-electron chi connectivity index (χ2n) is 6.94. The summed E-state index contributed by atoms with van der Waals surface area (Å²) >= 11 is 7.61. The zero-order chi connectivity index (χ0) is 19.7. The molecule has 1 amide bonds. The number of carbonyl (C=O) groups is 2. The minimum absolute atomic E-state index is 0.0495. The molecule has 1 aromatic heterocycles. The molecule has 28 heavy (non-hydrogen) atoms. The number of ether oxygens (including phenoxy) is 1. The summed E-state index contributed by atoms with van der Waals surface area (Å²) in [7, 11) is 0. The molecule has 0 radical (unpaired) electrons. The number of carbonyl (C=O) groups excluding carboxylic acids is 2. The van der Waals surface area contributed by atoms with Gasteiger partial charge in [-0.3, -0.25) is 4.79 Å². The quantitative estimate of drug-likeness (QED) is 0.591. The molecule has 1 heterocycles. The van der Waals surface area contributed by atoms with Crippen LogP contribution in [0.2, 0.25) is 5.02 Å². The smallest absolute Gasteiger partial charge is 0.350 e. The molecule has 0 unspecified atom stereocenters. The molecule has 0 saturated carbocycles. The molecule has 3 aromatic rings. The van der Waals surface area contributed by atoms with Crippen LogP contribution >= 0.6 is 22.9 Å². The highest BCUT2D eigenvalue weighted by atomic mass is 35.5. The van der Waals surface area contributed by atoms with E-state index in [1.807, 2.05) is 42.5 Å². The monoisotopic (exact) mass is 413 g/mol. The maximum Gasteiger partial charge on any atom is 0.350 e. The average molecular weight is 414 g/mol. The van der Waals surface area contributed by atoms with Gasteiger partial charge in [0.15, 0.2) is 6.10 Å². The third kappa shape index (κ3) is 3.64. The molecule has 0 bridgehead atoms. The molecule has 1 aliphatic carbocycles. The lowest BCUT2D eigenvalue weighted by atomic mass is 9.87. The standard InChI is InChI=1S/C22H20ClNO3S/c1-13(21(25)24-17-11-6-8-14-7-2-3-9-15(14)17)27-22(26)20-19(23)16-10-4-5-12-18(16)28-20/h2-5,7,9-10,12-13,17H,6,8,11H2,1H3,(H,24,25)/t13-,17+/m0/s1. The number of esters is 1. The van der Waals surface area contributed by atoms with E-state index < -0.39 is 12.1 Å². The number of halogens is 1. The van der Waals surface area contributed by atoms with E-state index in [0.29, 0.717) is 9.90 Å². The molecule has 0 spiro atoms. The number of aryl methyl sites for hydroxylation is 1. The van der Waals surface area contributed by atoms with E-state index in [4.69, 9.17) is 16.3 Å². The maximum absolute atomic E-state index is 12.6. The molecule has 4 rings (SSSR count). The maximum atomic E-state index is 12.6. The summed E-state index contributed by atoms with van der Waals surface area (Å²) in [6.45, 7) is 1.59. The largest absolute Gasteiger partial charge is 0.448 e. The van der Waals surface area contributed by atoms with E-state index in [-0.39, 0.29) is 11.9 Å². The molecule has 2 aromatic carbocycles. The van der Waals surface area contributed by atoms with Crippen molar-refractivity contribution in [2.24, 2.45) is 0 Å². The fourth-order valence-corrected chi connectivity index (χ4v) is 5.00. The van der Waals surface area contributed by atoms with Gasteiger partial charge in [-0.1, -0.05) is 54.1 Å². The molecule has 0 saturated heterocycles. The predicted octanol–water partition coefficient (Wildman–Crippen LogP) is 5.29. The first kappa shape index (κ1) is 19.0. The zero-order valence-electron chi connectivity index (χ0n) is 15.4. The lowest BCUT2D eigenvalue weighted by molar-refractivity contribution is -0.130. The number of rotatable bonds is 4. The van der Waals surface area contributed by atoms with Crippen molar-refractivity contribution in [1.82, 2.24) is 5.32 Å². The van der Waals surface area contributed by atoms with Crippen molar-refractivity contribution in [2.45, 2.75) is 38.3 Å². The zero-order valence-corrected chi connectivity index (χ0v) is 17.0. The first-order valence-electron chi connectivity index (χ1n) is 9.31. The SMILES string of the molecule is C[C@H](OC(=O)c1sc2ccccc2c1Cl)C(=O)N[C@@H]1CCCc2ccccc21. The van der Waals surface area contributed by atoms with Gasteiger partial charge in [-0.25, -0.2) is 4.79 Å². The lowest BCUT2D eigenvalue weighted by Gasteiger charge is -2.27. The highest BCUT2D eigenvalue weighted by molar-refractivity contribution is 7.21. The molecule has 1 aliphatic rings. The number of nitrogens with one attached hydrogen (secondary N) is 1. The third-order valence-electron chi connectivity index (χ3n) is 5.06. The van der Waals surface area contributed by atoms with E-state index >= 15 is 0 Å². The Morgan fingerprint density at radius 2 is 1.93 bits per heavy atom. The summed E-state index contributed by atoms with van der Waals surface area (Å²) in [4.78, 5) is 25.5. The third-order valence-corrected chi connectivity index (χ3v) is 6.71. The van der Waals surface area contributed by atoms with Crippen LogP contribution in [0.1, 0.15) is 46.6 Å². The average Bonchev–Trinajstić information content (AvgIpc) is 3.05. The van der Waals surface area contributed by atoms with Crippen LogP contribution in [0.4, 0.5) is 0 Å². The molecule has 0 aliphatic heterocycles. The number of amides is 1. The van der Waals surface area contributed by atoms with Crippen LogP contribution in [0.15, 0.2) is 48.5 Å². The highest BCUT2D eigenvalue weighted by Crippen LogP contribution is 2.36. The van der Waals surface area contributed by atoms with E-state index in [1.54, 1.807) is 6.92 Å². The first-order valence-corrected chi connectivity index (χ1v) is 10.5. The van der Waals surface area contributed by atoms with E-state index in [1.165, 1.54) is 16.9 Å². The van der Waals surface area contributed by atoms with Gasteiger partial charge >= 0.3 is 5.97 Å². The Morgan fingerprint density at radius 3 is 2.75 bits per heavy atom. The fourth-order valence-electron chi connectivity index (χ4n) is 3.61. The number of hydrogen-bond donors (Lipinski definition) is 1. The fraction of sp³-hybridized carbons (Fsp3) is 0.273. The minimum Gasteiger partial charge on any atom is -0.448 e. The summed E-state index contributed by atoms with van der Waals surface area (Å²) in [5.41, 5.74) is 2.41. The Morgan fingerprint density at radius 1 is 1.18 bits per heavy atom. The summed E-state index contributed by atoms with van der Waals surface area (Å²) in [6, 6.07) is 15.6. The number of hydrogen-bond acceptors (Lipinski definition) is 4. The van der Waals surface area contributed by atoms with Gasteiger partial charge in [-0.15, -0.1) is 11.3 Å². The van der Waals surface area contributed by atoms with Crippen molar-refractivity contribution in [3.8, 4) is 0 Å². The van der Waals surface area contributed by atoms with Crippen molar-refractivity contribution < 1.29 is 14.3 Å². The molecular formula is C22H20ClNO3S. The van der Waals surface area contributed by atoms with Crippen LogP contribution in [-0.4, -0.2) is 18.0 Å². The van der Waals surface area contributed by atoms with Crippen molar-refractivity contribution in [2.75, 3.05) is 0 Å². The van der Waals surface area contributed by atoms with E-state index in [0.717, 1.165) is 34.9 Å². The molecule has 4 nitrogen and oxygen atoms in total. The van der Waals surface area contributed by atoms with Gasteiger partial charge < -0.3 is 10.1 Å². The van der Waals surface area contributed by atoms with Gasteiger partial charge in [0.05, 0.1) is 11.1 Å². The van der Waals surface area contributed by atoms with Crippen LogP contribution in [-0.2, 0) is 16.0 Å². The van der Waals surface area contributed by atoms with Gasteiger partial charge in [-0.05, 0) is 43.4 Å². The van der Waals surface area contributed by atoms with Gasteiger partial charge in [0.2, 0.25) is 0 Å². The van der Waals surface area contributed by atoms with E-state index in [9.17, 15) is 9.59 Å². The summed E-state index contributed by atoms with van der Waals surface area (Å²) < 4.78 is 6.33. The van der Waals surface area contributed by atoms with Gasteiger partial charge in [0.1, 0.15) is 4.88 Å². The number of thiophene rings is 1. The van der Waals surface area contributed by atoms with Gasteiger partial charge in [0, 0.05) is 10.1 Å². The predicted molar refractivity (Wildman–Crippen MR) is 112 cm³/mol. The number of benzene rings is 2. The van der Waals surface area contributed by atoms with Crippen LogP contribution in [0.5, 0.6) is 0 Å². The van der Waals surface area contributed by atoms with Crippen LogP contribution < -0.4 is 5.32 Å².